The summed E-state index contributed by atoms with van der Waals surface area (Å²) in [6.45, 7) is 9.42. The molecule has 0 atom stereocenters. The first-order valence-electron chi connectivity index (χ1n) is 5.23. The van der Waals surface area contributed by atoms with Gasteiger partial charge in [-0.2, -0.15) is 0 Å². The van der Waals surface area contributed by atoms with Crippen LogP contribution in [0.4, 0.5) is 0 Å². The van der Waals surface area contributed by atoms with Gasteiger partial charge in [-0.25, -0.2) is 0 Å². The van der Waals surface area contributed by atoms with Gasteiger partial charge in [0.15, 0.2) is 0 Å². The van der Waals surface area contributed by atoms with Crippen LogP contribution in [-0.2, 0) is 0 Å². The lowest BCUT2D eigenvalue weighted by Crippen LogP contribution is -2.11. The third-order valence-electron chi connectivity index (χ3n) is 2.16. The third kappa shape index (κ3) is 3.54. The average molecular weight is 209 g/mol. The largest absolute Gasteiger partial charge is 0.384 e. The Kier molecular flexibility index (Phi) is 4.74. The molecule has 0 fully saturated rings. The molecule has 1 N–H and O–H groups in total. The third-order valence-corrected chi connectivity index (χ3v) is 3.22. The van der Waals surface area contributed by atoms with Crippen LogP contribution in [0.15, 0.2) is 18.7 Å². The molecule has 0 unspecified atom stereocenters. The molecular weight excluding hydrogens is 190 g/mol. The highest BCUT2D eigenvalue weighted by atomic mass is 32.1. The second kappa shape index (κ2) is 5.86. The fourth-order valence-corrected chi connectivity index (χ4v) is 2.11. The Morgan fingerprint density at radius 1 is 1.43 bits per heavy atom. The van der Waals surface area contributed by atoms with Crippen molar-refractivity contribution in [2.75, 3.05) is 6.54 Å². The van der Waals surface area contributed by atoms with E-state index in [9.17, 15) is 0 Å². The van der Waals surface area contributed by atoms with Crippen molar-refractivity contribution in [3.8, 4) is 0 Å². The molecule has 1 rings (SSSR count). The maximum absolute atomic E-state index is 4.04. The van der Waals surface area contributed by atoms with Crippen molar-refractivity contribution in [2.45, 2.75) is 33.1 Å². The summed E-state index contributed by atoms with van der Waals surface area (Å²) in [4.78, 5) is 2.61. The molecule has 1 nitrogen and oxygen atoms in total. The van der Waals surface area contributed by atoms with E-state index in [1.165, 1.54) is 29.0 Å². The van der Waals surface area contributed by atoms with Gasteiger partial charge in [-0.1, -0.05) is 26.3 Å². The molecule has 1 aromatic heterocycles. The lowest BCUT2D eigenvalue weighted by Gasteiger charge is -2.06. The van der Waals surface area contributed by atoms with Gasteiger partial charge >= 0.3 is 0 Å². The van der Waals surface area contributed by atoms with Gasteiger partial charge in [-0.05, 0) is 25.5 Å². The van der Waals surface area contributed by atoms with E-state index < -0.39 is 0 Å². The van der Waals surface area contributed by atoms with Gasteiger partial charge in [0.25, 0.3) is 0 Å². The predicted octanol–water partition coefficient (Wildman–Crippen LogP) is 3.81. The minimum atomic E-state index is 1.05. The summed E-state index contributed by atoms with van der Waals surface area (Å²) in [6, 6.07) is 4.27. The first-order valence-corrected chi connectivity index (χ1v) is 6.05. The molecular formula is C12H19NS. The summed E-state index contributed by atoms with van der Waals surface area (Å²) < 4.78 is 0. The van der Waals surface area contributed by atoms with Crippen molar-refractivity contribution in [1.82, 2.24) is 5.32 Å². The summed E-state index contributed by atoms with van der Waals surface area (Å²) in [7, 11) is 0. The van der Waals surface area contributed by atoms with Gasteiger partial charge in [0.1, 0.15) is 0 Å². The number of unbranched alkanes of at least 4 members (excludes halogenated alkanes) is 2. The van der Waals surface area contributed by atoms with E-state index in [4.69, 9.17) is 0 Å². The molecule has 1 heterocycles. The van der Waals surface area contributed by atoms with Crippen LogP contribution in [0.2, 0.25) is 0 Å². The Hall–Kier alpha value is -0.760. The monoisotopic (exact) mass is 209 g/mol. The van der Waals surface area contributed by atoms with Gasteiger partial charge in [0.2, 0.25) is 0 Å². The van der Waals surface area contributed by atoms with Crippen LogP contribution in [0.1, 0.15) is 35.9 Å². The SMILES string of the molecule is C=C(NCCCCC)c1ccc(C)s1. The molecule has 2 heteroatoms. The van der Waals surface area contributed by atoms with E-state index in [-0.39, 0.29) is 0 Å². The molecule has 0 saturated heterocycles. The Bertz CT molecular complexity index is 288. The summed E-state index contributed by atoms with van der Waals surface area (Å²) >= 11 is 1.80. The number of thiophene rings is 1. The van der Waals surface area contributed by atoms with E-state index in [1.54, 1.807) is 11.3 Å². The lowest BCUT2D eigenvalue weighted by atomic mass is 10.2. The number of hydrogen-bond donors (Lipinski definition) is 1. The maximum atomic E-state index is 4.04. The Labute approximate surface area is 90.9 Å². The van der Waals surface area contributed by atoms with E-state index in [0.29, 0.717) is 0 Å². The smallest absolute Gasteiger partial charge is 0.0498 e. The second-order valence-corrected chi connectivity index (χ2v) is 4.81. The average Bonchev–Trinajstić information content (AvgIpc) is 2.59. The fraction of sp³-hybridized carbons (Fsp3) is 0.500. The molecule has 0 radical (unpaired) electrons. The fourth-order valence-electron chi connectivity index (χ4n) is 1.30. The Morgan fingerprint density at radius 3 is 2.79 bits per heavy atom. The Morgan fingerprint density at radius 2 is 2.21 bits per heavy atom. The molecule has 14 heavy (non-hydrogen) atoms. The first kappa shape index (κ1) is 11.3. The van der Waals surface area contributed by atoms with Crippen LogP contribution in [0.3, 0.4) is 0 Å². The molecule has 1 aromatic rings. The quantitative estimate of drug-likeness (QED) is 0.703. The molecule has 78 valence electrons. The van der Waals surface area contributed by atoms with Crippen molar-refractivity contribution in [3.63, 3.8) is 0 Å². The number of nitrogens with one attached hydrogen (secondary N) is 1. The molecule has 0 aliphatic heterocycles. The number of rotatable bonds is 6. The van der Waals surface area contributed by atoms with Crippen LogP contribution < -0.4 is 5.32 Å². The second-order valence-electron chi connectivity index (χ2n) is 3.52. The van der Waals surface area contributed by atoms with Crippen LogP contribution in [0, 0.1) is 6.92 Å². The topological polar surface area (TPSA) is 12.0 Å². The van der Waals surface area contributed by atoms with Gasteiger partial charge < -0.3 is 5.32 Å². The first-order chi connectivity index (χ1) is 6.74. The van der Waals surface area contributed by atoms with Crippen molar-refractivity contribution in [3.05, 3.63) is 28.5 Å². The molecule has 0 aromatic carbocycles. The molecule has 0 aliphatic carbocycles. The van der Waals surface area contributed by atoms with E-state index in [0.717, 1.165) is 12.2 Å². The molecule has 0 saturated carbocycles. The number of aryl methyl sites for hydroxylation is 1. The lowest BCUT2D eigenvalue weighted by molar-refractivity contribution is 0.690. The highest BCUT2D eigenvalue weighted by molar-refractivity contribution is 7.13. The van der Waals surface area contributed by atoms with Crippen LogP contribution >= 0.6 is 11.3 Å². The minimum Gasteiger partial charge on any atom is -0.384 e. The number of hydrogen-bond acceptors (Lipinski definition) is 2. The van der Waals surface area contributed by atoms with E-state index in [1.807, 2.05) is 0 Å². The van der Waals surface area contributed by atoms with Crippen molar-refractivity contribution < 1.29 is 0 Å². The zero-order valence-corrected chi connectivity index (χ0v) is 9.91. The summed E-state index contributed by atoms with van der Waals surface area (Å²) in [6.07, 6.45) is 3.80. The normalized spacial score (nSPS) is 10.1. The highest BCUT2D eigenvalue weighted by Crippen LogP contribution is 2.20. The zero-order valence-electron chi connectivity index (χ0n) is 9.10. The minimum absolute atomic E-state index is 1.05. The molecule has 0 spiro atoms. The standard InChI is InChI=1S/C12H19NS/c1-4-5-6-9-13-11(3)12-8-7-10(2)14-12/h7-8,13H,3-6,9H2,1-2H3. The van der Waals surface area contributed by atoms with Gasteiger partial charge in [-0.15, -0.1) is 11.3 Å². The molecule has 0 bridgehead atoms. The van der Waals surface area contributed by atoms with Crippen molar-refractivity contribution in [2.24, 2.45) is 0 Å². The van der Waals surface area contributed by atoms with Gasteiger partial charge in [0, 0.05) is 22.0 Å². The van der Waals surface area contributed by atoms with Crippen molar-refractivity contribution in [1.29, 1.82) is 0 Å². The Balaban J connectivity index is 2.29. The molecule has 0 amide bonds. The van der Waals surface area contributed by atoms with E-state index >= 15 is 0 Å². The summed E-state index contributed by atoms with van der Waals surface area (Å²) in [5.41, 5.74) is 1.07. The molecule has 0 aliphatic rings. The van der Waals surface area contributed by atoms with Crippen LogP contribution in [0.25, 0.3) is 5.70 Å². The van der Waals surface area contributed by atoms with Gasteiger partial charge in [0.05, 0.1) is 0 Å². The van der Waals surface area contributed by atoms with Crippen molar-refractivity contribution >= 4 is 17.0 Å². The maximum Gasteiger partial charge on any atom is 0.0498 e. The summed E-state index contributed by atoms with van der Waals surface area (Å²) in [5, 5.41) is 3.36. The van der Waals surface area contributed by atoms with E-state index in [2.05, 4.69) is 37.9 Å². The predicted molar refractivity (Wildman–Crippen MR) is 65.6 cm³/mol. The summed E-state index contributed by atoms with van der Waals surface area (Å²) in [5.74, 6) is 0. The van der Waals surface area contributed by atoms with Crippen LogP contribution in [0.5, 0.6) is 0 Å². The zero-order chi connectivity index (χ0) is 10.4. The van der Waals surface area contributed by atoms with Crippen LogP contribution in [-0.4, -0.2) is 6.54 Å². The van der Waals surface area contributed by atoms with Gasteiger partial charge in [-0.3, -0.25) is 0 Å². The highest BCUT2D eigenvalue weighted by Gasteiger charge is 2.00.